The van der Waals surface area contributed by atoms with E-state index in [0.717, 1.165) is 23.9 Å². The van der Waals surface area contributed by atoms with Crippen LogP contribution in [0.4, 0.5) is 0 Å². The van der Waals surface area contributed by atoms with Crippen molar-refractivity contribution >= 4 is 27.1 Å². The third-order valence-corrected chi connectivity index (χ3v) is 5.41. The van der Waals surface area contributed by atoms with Crippen LogP contribution in [-0.4, -0.2) is 11.9 Å². The van der Waals surface area contributed by atoms with E-state index in [4.69, 9.17) is 4.74 Å². The Balaban J connectivity index is 1.84. The Morgan fingerprint density at radius 3 is 2.37 bits per heavy atom. The van der Waals surface area contributed by atoms with Gasteiger partial charge in [0, 0.05) is 5.33 Å². The van der Waals surface area contributed by atoms with Gasteiger partial charge in [-0.1, -0.05) is 82.2 Å². The van der Waals surface area contributed by atoms with Crippen LogP contribution in [0.1, 0.15) is 34.2 Å². The number of hydrogen-bond acceptors (Lipinski definition) is 1. The molecule has 0 aromatic heterocycles. The van der Waals surface area contributed by atoms with E-state index < -0.39 is 0 Å². The molecule has 0 saturated heterocycles. The van der Waals surface area contributed by atoms with Crippen molar-refractivity contribution in [2.75, 3.05) is 11.9 Å². The highest BCUT2D eigenvalue weighted by Crippen LogP contribution is 2.41. The molecule has 0 bridgehead atoms. The van der Waals surface area contributed by atoms with E-state index in [9.17, 15) is 0 Å². The van der Waals surface area contributed by atoms with Crippen LogP contribution in [0.15, 0.2) is 72.8 Å². The molecule has 136 valence electrons. The van der Waals surface area contributed by atoms with E-state index in [1.54, 1.807) is 0 Å². The zero-order valence-corrected chi connectivity index (χ0v) is 17.1. The maximum absolute atomic E-state index is 5.73. The van der Waals surface area contributed by atoms with Crippen LogP contribution < -0.4 is 4.74 Å². The topological polar surface area (TPSA) is 9.23 Å². The van der Waals surface area contributed by atoms with Crippen molar-refractivity contribution < 1.29 is 4.74 Å². The number of hydrogen-bond donors (Lipinski definition) is 0. The molecule has 3 aromatic rings. The lowest BCUT2D eigenvalue weighted by atomic mass is 9.79. The van der Waals surface area contributed by atoms with Gasteiger partial charge in [-0.15, -0.1) is 0 Å². The van der Waals surface area contributed by atoms with Crippen molar-refractivity contribution in [3.63, 3.8) is 0 Å². The minimum atomic E-state index is 0.680. The first-order valence-electron chi connectivity index (χ1n) is 9.44. The fourth-order valence-electron chi connectivity index (χ4n) is 3.85. The Kier molecular flexibility index (Phi) is 5.45. The quantitative estimate of drug-likeness (QED) is 0.420. The van der Waals surface area contributed by atoms with Crippen molar-refractivity contribution in [2.24, 2.45) is 0 Å². The van der Waals surface area contributed by atoms with Crippen LogP contribution in [0.25, 0.3) is 11.1 Å². The largest absolute Gasteiger partial charge is 0.493 e. The van der Waals surface area contributed by atoms with Crippen molar-refractivity contribution in [3.8, 4) is 5.75 Å². The first-order valence-corrected chi connectivity index (χ1v) is 10.6. The molecule has 3 aromatic carbocycles. The Hall–Kier alpha value is -2.32. The first kappa shape index (κ1) is 18.1. The predicted octanol–water partition coefficient (Wildman–Crippen LogP) is 6.67. The van der Waals surface area contributed by atoms with E-state index in [1.807, 2.05) is 0 Å². The molecule has 1 aliphatic carbocycles. The highest BCUT2D eigenvalue weighted by atomic mass is 79.9. The summed E-state index contributed by atoms with van der Waals surface area (Å²) in [5.74, 6) is 0.917. The fourth-order valence-corrected chi connectivity index (χ4v) is 4.01. The van der Waals surface area contributed by atoms with Crippen LogP contribution in [0.5, 0.6) is 5.75 Å². The molecule has 0 atom stereocenters. The lowest BCUT2D eigenvalue weighted by Crippen LogP contribution is -2.06. The zero-order valence-electron chi connectivity index (χ0n) is 15.5. The average molecular weight is 419 g/mol. The Morgan fingerprint density at radius 1 is 0.852 bits per heavy atom. The molecule has 1 nitrogen and oxygen atoms in total. The molecule has 0 fully saturated rings. The molecule has 0 radical (unpaired) electrons. The number of allylic oxidation sites excluding steroid dienone is 1. The molecule has 27 heavy (non-hydrogen) atoms. The van der Waals surface area contributed by atoms with Gasteiger partial charge in [0.15, 0.2) is 0 Å². The smallest absolute Gasteiger partial charge is 0.119 e. The monoisotopic (exact) mass is 418 g/mol. The number of aryl methyl sites for hydroxylation is 2. The summed E-state index contributed by atoms with van der Waals surface area (Å²) in [6.07, 6.45) is 2.16. The van der Waals surface area contributed by atoms with Crippen molar-refractivity contribution in [1.82, 2.24) is 0 Å². The third-order valence-electron chi connectivity index (χ3n) is 5.09. The molecule has 0 aliphatic heterocycles. The molecule has 0 unspecified atom stereocenters. The molecule has 1 aliphatic rings. The third kappa shape index (κ3) is 3.86. The predicted molar refractivity (Wildman–Crippen MR) is 118 cm³/mol. The number of fused-ring (bicyclic) bond motifs is 1. The number of alkyl halides is 1. The number of halogens is 1. The summed E-state index contributed by atoms with van der Waals surface area (Å²) in [5.41, 5.74) is 9.50. The lowest BCUT2D eigenvalue weighted by molar-refractivity contribution is 0.345. The summed E-state index contributed by atoms with van der Waals surface area (Å²) in [6, 6.07) is 26.2. The fraction of sp³-hybridized carbons (Fsp3) is 0.200. The van der Waals surface area contributed by atoms with Crippen LogP contribution in [-0.2, 0) is 6.42 Å². The van der Waals surface area contributed by atoms with E-state index >= 15 is 0 Å². The van der Waals surface area contributed by atoms with Gasteiger partial charge in [0.05, 0.1) is 6.61 Å². The van der Waals surface area contributed by atoms with Gasteiger partial charge in [-0.05, 0) is 65.3 Å². The summed E-state index contributed by atoms with van der Waals surface area (Å²) >= 11 is 3.41. The van der Waals surface area contributed by atoms with Gasteiger partial charge >= 0.3 is 0 Å². The van der Waals surface area contributed by atoms with E-state index in [2.05, 4.69) is 95.7 Å². The highest BCUT2D eigenvalue weighted by Gasteiger charge is 2.21. The van der Waals surface area contributed by atoms with E-state index in [-0.39, 0.29) is 0 Å². The average Bonchev–Trinajstić information content (AvgIpc) is 2.72. The SMILES string of the molecule is Cc1ccc2c(c1)CCC(c1ccccc1)=C2c1ccc(OCCBr)cc1. The van der Waals surface area contributed by atoms with Gasteiger partial charge in [0.1, 0.15) is 5.75 Å². The maximum atomic E-state index is 5.73. The second-order valence-corrected chi connectivity index (χ2v) is 7.73. The van der Waals surface area contributed by atoms with Gasteiger partial charge in [0.25, 0.3) is 0 Å². The molecular formula is C25H23BrO. The Morgan fingerprint density at radius 2 is 1.63 bits per heavy atom. The highest BCUT2D eigenvalue weighted by molar-refractivity contribution is 9.09. The Labute approximate surface area is 169 Å². The minimum Gasteiger partial charge on any atom is -0.493 e. The lowest BCUT2D eigenvalue weighted by Gasteiger charge is -2.25. The molecule has 0 spiro atoms. The zero-order chi connectivity index (χ0) is 18.6. The van der Waals surface area contributed by atoms with Gasteiger partial charge in [-0.25, -0.2) is 0 Å². The van der Waals surface area contributed by atoms with Crippen molar-refractivity contribution in [1.29, 1.82) is 0 Å². The van der Waals surface area contributed by atoms with Gasteiger partial charge in [-0.3, -0.25) is 0 Å². The van der Waals surface area contributed by atoms with Gasteiger partial charge in [-0.2, -0.15) is 0 Å². The molecule has 0 saturated carbocycles. The van der Waals surface area contributed by atoms with Gasteiger partial charge in [0.2, 0.25) is 0 Å². The molecule has 4 rings (SSSR count). The summed E-state index contributed by atoms with van der Waals surface area (Å²) in [5, 5.41) is 0.838. The summed E-state index contributed by atoms with van der Waals surface area (Å²) in [7, 11) is 0. The van der Waals surface area contributed by atoms with Crippen LogP contribution in [0.3, 0.4) is 0 Å². The van der Waals surface area contributed by atoms with Crippen LogP contribution in [0.2, 0.25) is 0 Å². The molecular weight excluding hydrogens is 396 g/mol. The van der Waals surface area contributed by atoms with E-state index in [0.29, 0.717) is 6.61 Å². The first-order chi connectivity index (χ1) is 13.3. The molecule has 0 N–H and O–H groups in total. The van der Waals surface area contributed by atoms with Crippen LogP contribution >= 0.6 is 15.9 Å². The second-order valence-electron chi connectivity index (χ2n) is 6.94. The molecule has 2 heteroatoms. The standard InChI is InChI=1S/C25H23BrO/c1-18-7-13-24-21(17-18)10-14-23(19-5-3-2-4-6-19)25(24)20-8-11-22(12-9-20)27-16-15-26/h2-9,11-13,17H,10,14-16H2,1H3. The number of ether oxygens (including phenoxy) is 1. The normalized spacial score (nSPS) is 13.4. The summed E-state index contributed by atoms with van der Waals surface area (Å²) in [4.78, 5) is 0. The summed E-state index contributed by atoms with van der Waals surface area (Å²) < 4.78 is 5.73. The second kappa shape index (κ2) is 8.14. The number of benzene rings is 3. The van der Waals surface area contributed by atoms with Crippen molar-refractivity contribution in [2.45, 2.75) is 19.8 Å². The molecule has 0 heterocycles. The Bertz CT molecular complexity index is 955. The van der Waals surface area contributed by atoms with Gasteiger partial charge < -0.3 is 4.74 Å². The minimum absolute atomic E-state index is 0.680. The van der Waals surface area contributed by atoms with E-state index in [1.165, 1.54) is 39.0 Å². The number of rotatable bonds is 5. The maximum Gasteiger partial charge on any atom is 0.119 e. The van der Waals surface area contributed by atoms with Crippen molar-refractivity contribution in [3.05, 3.63) is 101 Å². The van der Waals surface area contributed by atoms with Crippen LogP contribution in [0, 0.1) is 6.92 Å². The summed E-state index contributed by atoms with van der Waals surface area (Å²) in [6.45, 7) is 2.85. The molecule has 0 amide bonds.